The molecule has 0 amide bonds. The van der Waals surface area contributed by atoms with E-state index in [1.54, 1.807) is 0 Å². The third kappa shape index (κ3) is 4.62. The molecular weight excluding hydrogens is 615 g/mol. The number of rotatable bonds is 5. The van der Waals surface area contributed by atoms with Gasteiger partial charge in [0.15, 0.2) is 0 Å². The van der Waals surface area contributed by atoms with E-state index >= 15 is 0 Å². The van der Waals surface area contributed by atoms with Crippen molar-refractivity contribution in [2.45, 2.75) is 12.5 Å². The topological polar surface area (TPSA) is 16.4 Å². The summed E-state index contributed by atoms with van der Waals surface area (Å²) in [6.45, 7) is 0. The monoisotopic (exact) mass is 645 g/mol. The van der Waals surface area contributed by atoms with Crippen molar-refractivity contribution in [3.63, 3.8) is 0 Å². The van der Waals surface area contributed by atoms with Crippen molar-refractivity contribution in [1.29, 1.82) is 0 Å². The van der Waals surface area contributed by atoms with Crippen LogP contribution in [-0.4, -0.2) is 6.04 Å². The molecule has 0 bridgehead atoms. The van der Waals surface area contributed by atoms with Crippen LogP contribution in [0.5, 0.6) is 0 Å². The molecule has 0 N–H and O–H groups in total. The molecule has 0 saturated heterocycles. The van der Waals surface area contributed by atoms with Crippen LogP contribution < -0.4 is 15.5 Å². The average Bonchev–Trinajstić information content (AvgIpc) is 3.73. The van der Waals surface area contributed by atoms with Gasteiger partial charge in [0.2, 0.25) is 0 Å². The summed E-state index contributed by atoms with van der Waals surface area (Å²) in [4.78, 5) is 2.53. The first-order valence-corrected chi connectivity index (χ1v) is 17.7. The highest BCUT2D eigenvalue weighted by atomic mass is 32.1. The van der Waals surface area contributed by atoms with Crippen LogP contribution in [0.3, 0.4) is 0 Å². The Hall–Kier alpha value is -5.90. The second-order valence-electron chi connectivity index (χ2n) is 12.8. The number of nitrogens with zero attached hydrogens (tertiary/aromatic N) is 1. The Labute approximate surface area is 288 Å². The number of anilines is 2. The van der Waals surface area contributed by atoms with E-state index in [1.807, 2.05) is 17.4 Å². The highest BCUT2D eigenvalue weighted by Gasteiger charge is 2.25. The molecule has 1 atom stereocenters. The summed E-state index contributed by atoms with van der Waals surface area (Å²) < 4.78 is 9.12. The molecule has 2 heterocycles. The van der Waals surface area contributed by atoms with Gasteiger partial charge in [-0.3, -0.25) is 0 Å². The molecule has 7 aromatic carbocycles. The predicted molar refractivity (Wildman–Crippen MR) is 209 cm³/mol. The van der Waals surface area contributed by atoms with Gasteiger partial charge in [-0.2, -0.15) is 0 Å². The van der Waals surface area contributed by atoms with Gasteiger partial charge in [-0.05, 0) is 70.3 Å². The zero-order valence-electron chi connectivity index (χ0n) is 26.7. The van der Waals surface area contributed by atoms with Gasteiger partial charge in [0, 0.05) is 47.7 Å². The molecule has 10 rings (SSSR count). The van der Waals surface area contributed by atoms with E-state index in [0.29, 0.717) is 0 Å². The Morgan fingerprint density at radius 2 is 1.27 bits per heavy atom. The lowest BCUT2D eigenvalue weighted by molar-refractivity contribution is 0.568. The van der Waals surface area contributed by atoms with Crippen LogP contribution in [-0.2, 0) is 0 Å². The molecular formula is C46H31NOS. The lowest BCUT2D eigenvalue weighted by Crippen LogP contribution is -2.36. The van der Waals surface area contributed by atoms with E-state index in [0.717, 1.165) is 23.1 Å². The molecule has 49 heavy (non-hydrogen) atoms. The van der Waals surface area contributed by atoms with Crippen molar-refractivity contribution in [2.24, 2.45) is 0 Å². The molecule has 2 nitrogen and oxygen atoms in total. The van der Waals surface area contributed by atoms with Crippen LogP contribution in [0.15, 0.2) is 162 Å². The van der Waals surface area contributed by atoms with Gasteiger partial charge >= 0.3 is 0 Å². The maximum absolute atomic E-state index is 6.47. The van der Waals surface area contributed by atoms with E-state index in [9.17, 15) is 0 Å². The second kappa shape index (κ2) is 11.4. The van der Waals surface area contributed by atoms with Gasteiger partial charge in [0.05, 0.1) is 6.04 Å². The van der Waals surface area contributed by atoms with Crippen molar-refractivity contribution >= 4 is 76.8 Å². The highest BCUT2D eigenvalue weighted by Crippen LogP contribution is 2.44. The Balaban J connectivity index is 1.19. The first-order valence-electron chi connectivity index (χ1n) is 16.9. The summed E-state index contributed by atoms with van der Waals surface area (Å²) in [5.74, 6) is 0. The van der Waals surface area contributed by atoms with Gasteiger partial charge in [0.25, 0.3) is 0 Å². The zero-order valence-corrected chi connectivity index (χ0v) is 27.5. The summed E-state index contributed by atoms with van der Waals surface area (Å²) in [6.07, 6.45) is 5.55. The van der Waals surface area contributed by atoms with Crippen LogP contribution in [0, 0.1) is 0 Å². The Morgan fingerprint density at radius 3 is 2.22 bits per heavy atom. The highest BCUT2D eigenvalue weighted by molar-refractivity contribution is 7.26. The summed E-state index contributed by atoms with van der Waals surface area (Å²) in [7, 11) is 0. The molecule has 232 valence electrons. The molecule has 0 saturated carbocycles. The SMILES string of the molecule is C1=c2oc3ccccc3c2=CCC1N(c1cccc(-c2cccc3c2sc2ccccc23)c1)c1ccccc1-c1cccc2ccccc12. The van der Waals surface area contributed by atoms with E-state index in [-0.39, 0.29) is 6.04 Å². The van der Waals surface area contributed by atoms with E-state index < -0.39 is 0 Å². The Kier molecular flexibility index (Phi) is 6.53. The minimum atomic E-state index is 0.0413. The number of benzene rings is 7. The number of fused-ring (bicyclic) bond motifs is 7. The van der Waals surface area contributed by atoms with Crippen LogP contribution in [0.25, 0.3) is 76.3 Å². The first-order chi connectivity index (χ1) is 24.3. The number of para-hydroxylation sites is 2. The van der Waals surface area contributed by atoms with E-state index in [4.69, 9.17) is 4.42 Å². The van der Waals surface area contributed by atoms with Gasteiger partial charge in [-0.15, -0.1) is 11.3 Å². The molecule has 3 heteroatoms. The molecule has 1 unspecified atom stereocenters. The molecule has 1 aliphatic rings. The molecule has 0 spiro atoms. The Bertz CT molecular complexity index is 2830. The standard InChI is InChI=1S/C46H31NOS/c1-2-16-34-30(12-1)13-10-21-36(34)37-17-3-6-23-42(37)47(33-26-27-39-38-18-4-7-24-43(38)48-44(39)29-33)32-15-9-14-31(28-32)35-20-11-22-41-40-19-5-8-25-45(40)49-46(35)41/h1-25,27-29,33H,26H2. The molecule has 1 aliphatic carbocycles. The minimum absolute atomic E-state index is 0.0413. The summed E-state index contributed by atoms with van der Waals surface area (Å²) in [5, 5.41) is 7.49. The minimum Gasteiger partial charge on any atom is -0.456 e. The van der Waals surface area contributed by atoms with Crippen molar-refractivity contribution in [1.82, 2.24) is 0 Å². The number of hydrogen-bond acceptors (Lipinski definition) is 3. The predicted octanol–water partition coefficient (Wildman–Crippen LogP) is 11.5. The number of thiophene rings is 1. The van der Waals surface area contributed by atoms with Gasteiger partial charge in [0.1, 0.15) is 11.0 Å². The van der Waals surface area contributed by atoms with Crippen molar-refractivity contribution < 1.29 is 4.42 Å². The van der Waals surface area contributed by atoms with Gasteiger partial charge in [-0.1, -0.05) is 133 Å². The van der Waals surface area contributed by atoms with Crippen molar-refractivity contribution in [3.05, 3.63) is 168 Å². The normalized spacial score (nSPS) is 14.2. The quantitative estimate of drug-likeness (QED) is 0.185. The van der Waals surface area contributed by atoms with Crippen LogP contribution >= 0.6 is 11.3 Å². The van der Waals surface area contributed by atoms with E-state index in [1.165, 1.54) is 69.5 Å². The lowest BCUT2D eigenvalue weighted by atomic mass is 9.94. The Morgan fingerprint density at radius 1 is 0.571 bits per heavy atom. The second-order valence-corrected chi connectivity index (χ2v) is 13.8. The smallest absolute Gasteiger partial charge is 0.135 e. The van der Waals surface area contributed by atoms with Gasteiger partial charge < -0.3 is 9.32 Å². The fourth-order valence-electron chi connectivity index (χ4n) is 7.76. The maximum Gasteiger partial charge on any atom is 0.135 e. The number of hydrogen-bond donors (Lipinski definition) is 0. The van der Waals surface area contributed by atoms with E-state index in [2.05, 4.69) is 169 Å². The van der Waals surface area contributed by atoms with Crippen molar-refractivity contribution in [3.8, 4) is 22.3 Å². The fraction of sp³-hybridized carbons (Fsp3) is 0.0435. The summed E-state index contributed by atoms with van der Waals surface area (Å²) in [6, 6.07) is 57.2. The lowest BCUT2D eigenvalue weighted by Gasteiger charge is -2.34. The zero-order chi connectivity index (χ0) is 32.3. The van der Waals surface area contributed by atoms with Crippen LogP contribution in [0.1, 0.15) is 6.42 Å². The van der Waals surface area contributed by atoms with Crippen molar-refractivity contribution in [2.75, 3.05) is 4.90 Å². The maximum atomic E-state index is 6.47. The molecule has 0 fully saturated rings. The largest absolute Gasteiger partial charge is 0.456 e. The third-order valence-electron chi connectivity index (χ3n) is 9.98. The number of furan rings is 1. The summed E-state index contributed by atoms with van der Waals surface area (Å²) >= 11 is 1.88. The molecule has 2 aromatic heterocycles. The van der Waals surface area contributed by atoms with Crippen LogP contribution in [0.2, 0.25) is 0 Å². The molecule has 9 aromatic rings. The van der Waals surface area contributed by atoms with Gasteiger partial charge in [-0.25, -0.2) is 0 Å². The average molecular weight is 646 g/mol. The molecule has 0 aliphatic heterocycles. The fourth-order valence-corrected chi connectivity index (χ4v) is 9.00. The third-order valence-corrected chi connectivity index (χ3v) is 11.2. The summed E-state index contributed by atoms with van der Waals surface area (Å²) in [5.41, 5.74) is 9.11. The molecule has 0 radical (unpaired) electrons. The first kappa shape index (κ1) is 28.1. The van der Waals surface area contributed by atoms with Crippen LogP contribution in [0.4, 0.5) is 11.4 Å².